The van der Waals surface area contributed by atoms with Crippen molar-refractivity contribution in [2.24, 2.45) is 0 Å². The maximum atomic E-state index is 7.50. The summed E-state index contributed by atoms with van der Waals surface area (Å²) in [7, 11) is 0. The van der Waals surface area contributed by atoms with Crippen molar-refractivity contribution in [3.63, 3.8) is 0 Å². The van der Waals surface area contributed by atoms with Crippen molar-refractivity contribution in [2.75, 3.05) is 0 Å². The second-order valence-electron chi connectivity index (χ2n) is 0. The van der Waals surface area contributed by atoms with Crippen molar-refractivity contribution in [1.29, 1.82) is 0 Å². The van der Waals surface area contributed by atoms with Crippen LogP contribution in [-0.2, 0) is 21.6 Å². The van der Waals surface area contributed by atoms with Crippen molar-refractivity contribution in [3.05, 3.63) is 0 Å². The van der Waals surface area contributed by atoms with Crippen LogP contribution in [0.3, 0.4) is 0 Å². The molecule has 0 aliphatic carbocycles. The van der Waals surface area contributed by atoms with E-state index in [2.05, 4.69) is 6.79 Å². The monoisotopic (exact) mass is 111 g/mol. The zero-order valence-electron chi connectivity index (χ0n) is 1.24. The molecule has 0 aromatic rings. The van der Waals surface area contributed by atoms with Gasteiger partial charge in [-0.3, -0.25) is 4.79 Å². The molecule has 0 fully saturated rings. The van der Waals surface area contributed by atoms with E-state index in [1.807, 2.05) is 0 Å². The summed E-state index contributed by atoms with van der Waals surface area (Å²) < 4.78 is 0. The van der Waals surface area contributed by atoms with Gasteiger partial charge in [0.1, 0.15) is 0 Å². The molecule has 0 saturated heterocycles. The van der Waals surface area contributed by atoms with Crippen LogP contribution in [0.4, 0.5) is 0 Å². The molecule has 0 N–H and O–H groups in total. The van der Waals surface area contributed by atoms with E-state index in [1.54, 1.807) is 0 Å². The van der Waals surface area contributed by atoms with Gasteiger partial charge >= 0.3 is 29.6 Å². The van der Waals surface area contributed by atoms with Gasteiger partial charge in [0.2, 0.25) is 0 Å². The molecular formula is CHCoNaO. The third kappa shape index (κ3) is 10.9. The van der Waals surface area contributed by atoms with E-state index in [4.69, 9.17) is 4.79 Å². The molecule has 0 spiro atoms. The molecule has 0 aliphatic heterocycles. The van der Waals surface area contributed by atoms with Gasteiger partial charge in [0.05, 0.1) is 0 Å². The molecule has 0 saturated carbocycles. The Morgan fingerprint density at radius 2 is 1.25 bits per heavy atom. The van der Waals surface area contributed by atoms with Gasteiger partial charge < -0.3 is 0 Å². The average Bonchev–Trinajstić information content (AvgIpc) is 1.00. The zero-order valence-corrected chi connectivity index (χ0v) is 2.28. The van der Waals surface area contributed by atoms with E-state index in [9.17, 15) is 0 Å². The third-order valence-corrected chi connectivity index (χ3v) is 0. The Morgan fingerprint density at radius 3 is 1.25 bits per heavy atom. The van der Waals surface area contributed by atoms with Crippen LogP contribution >= 0.6 is 0 Å². The summed E-state index contributed by atoms with van der Waals surface area (Å²) in [6.07, 6.45) is 0. The van der Waals surface area contributed by atoms with Gasteiger partial charge in [0.25, 0.3) is 6.79 Å². The number of hydrogen-bond acceptors (Lipinski definition) is 1. The van der Waals surface area contributed by atoms with Gasteiger partial charge in [-0.2, -0.15) is 0 Å². The molecular weight excluding hydrogens is 110 g/mol. The molecule has 0 aliphatic rings. The molecule has 4 heavy (non-hydrogen) atoms. The molecule has 1 nitrogen and oxygen atoms in total. The second kappa shape index (κ2) is 30.4. The summed E-state index contributed by atoms with van der Waals surface area (Å²) in [6, 6.07) is 0. The molecule has 0 atom stereocenters. The summed E-state index contributed by atoms with van der Waals surface area (Å²) >= 11 is 0. The summed E-state index contributed by atoms with van der Waals surface area (Å²) in [5.74, 6) is 0. The first kappa shape index (κ1) is 19.1. The molecule has 3 radical (unpaired) electrons. The van der Waals surface area contributed by atoms with E-state index in [1.165, 1.54) is 0 Å². The fraction of sp³-hybridized carbons (Fsp3) is 0. The molecule has 0 aromatic heterocycles. The fourth-order valence-corrected chi connectivity index (χ4v) is 0. The van der Waals surface area contributed by atoms with E-state index in [-0.39, 0.29) is 46.3 Å². The fourth-order valence-electron chi connectivity index (χ4n) is 0. The summed E-state index contributed by atoms with van der Waals surface area (Å²) in [4.78, 5) is 7.50. The van der Waals surface area contributed by atoms with Crippen molar-refractivity contribution >= 4 is 36.3 Å². The van der Waals surface area contributed by atoms with Gasteiger partial charge in [-0.25, -0.2) is 0 Å². The Morgan fingerprint density at radius 1 is 1.25 bits per heavy atom. The first-order valence-corrected chi connectivity index (χ1v) is 0.204. The van der Waals surface area contributed by atoms with Crippen LogP contribution in [0.1, 0.15) is 0 Å². The van der Waals surface area contributed by atoms with Gasteiger partial charge in [-0.1, -0.05) is 0 Å². The van der Waals surface area contributed by atoms with Crippen LogP contribution < -0.4 is 0 Å². The van der Waals surface area contributed by atoms with Gasteiger partial charge in [-0.05, 0) is 0 Å². The first-order valence-electron chi connectivity index (χ1n) is 0.204. The summed E-state index contributed by atoms with van der Waals surface area (Å²) in [6.45, 7) is 4.50. The normalized spacial score (nSPS) is 1.00. The Bertz CT molecular complexity index is 8.00. The quantitative estimate of drug-likeness (QED) is 0.364. The molecule has 0 heterocycles. The first-order chi connectivity index (χ1) is 1.00. The number of rotatable bonds is 0. The minimum atomic E-state index is 0. The van der Waals surface area contributed by atoms with E-state index in [0.717, 1.165) is 0 Å². The number of carbonyl (C=O) groups excluding carboxylic acids is 1. The molecule has 0 rings (SSSR count). The predicted molar refractivity (Wildman–Crippen MR) is 12.8 cm³/mol. The maximum absolute atomic E-state index is 7.50. The molecule has 0 amide bonds. The van der Waals surface area contributed by atoms with Crippen LogP contribution in [-0.4, -0.2) is 36.3 Å². The van der Waals surface area contributed by atoms with Crippen LogP contribution in [0.2, 0.25) is 0 Å². The van der Waals surface area contributed by atoms with Crippen LogP contribution in [0, 0.1) is 0 Å². The molecule has 21 valence electrons. The SMILES string of the molecule is [C]=O.[Co].[NaH]. The second-order valence-corrected chi connectivity index (χ2v) is 0. The van der Waals surface area contributed by atoms with E-state index < -0.39 is 0 Å². The average molecular weight is 111 g/mol. The molecule has 0 aromatic carbocycles. The Labute approximate surface area is 57.6 Å². The molecule has 0 bridgehead atoms. The van der Waals surface area contributed by atoms with Crippen molar-refractivity contribution in [2.45, 2.75) is 0 Å². The van der Waals surface area contributed by atoms with Gasteiger partial charge in [0.15, 0.2) is 0 Å². The summed E-state index contributed by atoms with van der Waals surface area (Å²) in [5.41, 5.74) is 0. The van der Waals surface area contributed by atoms with Crippen LogP contribution in [0.25, 0.3) is 0 Å². The Kier molecular flexibility index (Phi) is 145. The van der Waals surface area contributed by atoms with Crippen LogP contribution in [0.15, 0.2) is 0 Å². The zero-order chi connectivity index (χ0) is 2.00. The number of hydrogen-bond donors (Lipinski definition) is 0. The van der Waals surface area contributed by atoms with E-state index in [0.29, 0.717) is 0 Å². The van der Waals surface area contributed by atoms with Crippen molar-refractivity contribution in [3.8, 4) is 0 Å². The predicted octanol–water partition coefficient (Wildman–Crippen LogP) is -1.05. The van der Waals surface area contributed by atoms with Gasteiger partial charge in [0, 0.05) is 16.8 Å². The topological polar surface area (TPSA) is 17.1 Å². The summed E-state index contributed by atoms with van der Waals surface area (Å²) in [5, 5.41) is 0. The van der Waals surface area contributed by atoms with E-state index >= 15 is 0 Å². The van der Waals surface area contributed by atoms with Crippen molar-refractivity contribution < 1.29 is 21.6 Å². The van der Waals surface area contributed by atoms with Gasteiger partial charge in [-0.15, -0.1) is 0 Å². The minimum absolute atomic E-state index is 0. The van der Waals surface area contributed by atoms with Crippen LogP contribution in [0.5, 0.6) is 0 Å². The third-order valence-electron chi connectivity index (χ3n) is 0. The van der Waals surface area contributed by atoms with Crippen molar-refractivity contribution in [1.82, 2.24) is 0 Å². The standard InChI is InChI=1S/CO.Co.Na.H/c1-2;;;. The molecule has 0 unspecified atom stereocenters. The molecule has 3 heteroatoms. The Hall–Kier alpha value is 1.18. The Balaban J connectivity index is -0.00000000500.